The van der Waals surface area contributed by atoms with E-state index in [4.69, 9.17) is 24.5 Å². The molecule has 0 radical (unpaired) electrons. The molecule has 24 heteroatoms. The molecule has 22 nitrogen and oxygen atoms in total. The molecule has 0 saturated carbocycles. The highest BCUT2D eigenvalue weighted by molar-refractivity contribution is 7.86. The molecule has 1 saturated heterocycles. The number of likely N-dealkylation sites (N-methyl/N-ethyl adjacent to an activating group) is 2. The van der Waals surface area contributed by atoms with Crippen molar-refractivity contribution in [2.45, 2.75) is 229 Å². The highest BCUT2D eigenvalue weighted by Gasteiger charge is 2.52. The van der Waals surface area contributed by atoms with Crippen LogP contribution in [0.25, 0.3) is 10.4 Å². The third-order valence-electron chi connectivity index (χ3n) is 19.5. The quantitative estimate of drug-likeness (QED) is 0.0105. The minimum absolute atomic E-state index is 0.0569. The number of benzene rings is 4. The molecule has 1 aliphatic heterocycles. The molecule has 2 bridgehead atoms. The van der Waals surface area contributed by atoms with Crippen LogP contribution < -0.4 is 21.3 Å². The fraction of sp³-hybridized carbons (Fsp3) is 0.615. The van der Waals surface area contributed by atoms with E-state index in [2.05, 4.69) is 81.5 Å². The van der Waals surface area contributed by atoms with Crippen molar-refractivity contribution in [3.8, 4) is 0 Å². The number of rotatable bonds is 47. The van der Waals surface area contributed by atoms with E-state index in [1.54, 1.807) is 36.0 Å². The molecule has 4 aromatic rings. The summed E-state index contributed by atoms with van der Waals surface area (Å²) in [6, 6.07) is 23.2. The Kier molecular flexibility index (Phi) is 33.5. The molecule has 1 heterocycles. The zero-order chi connectivity index (χ0) is 73.5. The van der Waals surface area contributed by atoms with Gasteiger partial charge in [0.15, 0.2) is 0 Å². The summed E-state index contributed by atoms with van der Waals surface area (Å²) in [5.74, 6) is -0.653. The van der Waals surface area contributed by atoms with Crippen LogP contribution in [0.3, 0.4) is 0 Å². The number of ether oxygens (including phenoxy) is 4. The monoisotopic (exact) mass is 1430 g/mol. The lowest BCUT2D eigenvalue weighted by Gasteiger charge is -2.51. The molecular formula is C78H113FN10O12S. The molecule has 6 amide bonds. The van der Waals surface area contributed by atoms with Crippen molar-refractivity contribution in [3.63, 3.8) is 0 Å². The lowest BCUT2D eigenvalue weighted by Crippen LogP contribution is -2.45. The highest BCUT2D eigenvalue weighted by atomic mass is 32.3. The first-order valence-corrected chi connectivity index (χ1v) is 38.8. The van der Waals surface area contributed by atoms with E-state index >= 15 is 0 Å². The number of azide groups is 1. The van der Waals surface area contributed by atoms with Crippen molar-refractivity contribution in [2.24, 2.45) is 5.11 Å². The molecule has 4 aromatic carbocycles. The fourth-order valence-corrected chi connectivity index (χ4v) is 14.6. The summed E-state index contributed by atoms with van der Waals surface area (Å²) in [5.41, 5.74) is 16.5. The van der Waals surface area contributed by atoms with Crippen LogP contribution in [-0.2, 0) is 65.0 Å². The van der Waals surface area contributed by atoms with Crippen LogP contribution in [-0.4, -0.2) is 163 Å². The molecule has 4 N–H and O–H groups in total. The minimum Gasteiger partial charge on any atom is -0.444 e. The van der Waals surface area contributed by atoms with Crippen molar-refractivity contribution < 1.29 is 60.0 Å². The van der Waals surface area contributed by atoms with Gasteiger partial charge < -0.3 is 50.0 Å². The average molecular weight is 1430 g/mol. The molecule has 1 fully saturated rings. The molecule has 0 spiro atoms. The lowest BCUT2D eigenvalue weighted by atomic mass is 9.51. The van der Waals surface area contributed by atoms with Gasteiger partial charge in [0.25, 0.3) is 0 Å². The summed E-state index contributed by atoms with van der Waals surface area (Å²) >= 11 is 0. The first kappa shape index (κ1) is 81.8. The van der Waals surface area contributed by atoms with Gasteiger partial charge in [-0.25, -0.2) is 4.79 Å². The summed E-state index contributed by atoms with van der Waals surface area (Å²) in [7, 11) is -1.31. The predicted molar refractivity (Wildman–Crippen MR) is 397 cm³/mol. The van der Waals surface area contributed by atoms with Gasteiger partial charge >= 0.3 is 16.3 Å². The molecule has 560 valence electrons. The summed E-state index contributed by atoms with van der Waals surface area (Å²) in [6.45, 7) is 13.7. The van der Waals surface area contributed by atoms with Gasteiger partial charge in [0.1, 0.15) is 5.60 Å². The maximum absolute atomic E-state index is 14.6. The Balaban J connectivity index is 0.967. The van der Waals surface area contributed by atoms with Crippen LogP contribution in [0.5, 0.6) is 0 Å². The number of hydrogen-bond acceptors (Lipinski definition) is 14. The fourth-order valence-electron chi connectivity index (χ4n) is 14.1. The van der Waals surface area contributed by atoms with E-state index in [1.165, 1.54) is 25.0 Å². The number of nitrogens with one attached hydrogen (secondary N) is 4. The topological polar surface area (TPSA) is 280 Å². The van der Waals surface area contributed by atoms with E-state index in [9.17, 15) is 41.1 Å². The number of nitrogens with zero attached hydrogens (tertiary/aromatic N) is 6. The number of halogens is 1. The number of hydrogen-bond donors (Lipinski definition) is 4. The average Bonchev–Trinajstić information content (AvgIpc) is 0.684. The summed E-state index contributed by atoms with van der Waals surface area (Å²) in [4.78, 5) is 89.5. The van der Waals surface area contributed by atoms with E-state index < -0.39 is 38.3 Å². The number of alkyl carbamates (subject to hydrolysis) is 1. The maximum Gasteiger partial charge on any atom is 0.407 e. The van der Waals surface area contributed by atoms with Gasteiger partial charge in [-0.1, -0.05) is 133 Å². The minimum atomic E-state index is -4.79. The molecule has 3 aliphatic carbocycles. The molecule has 0 unspecified atom stereocenters. The maximum atomic E-state index is 14.6. The van der Waals surface area contributed by atoms with Crippen LogP contribution >= 0.6 is 0 Å². The van der Waals surface area contributed by atoms with Crippen LogP contribution in [0.4, 0.5) is 25.7 Å². The van der Waals surface area contributed by atoms with E-state index in [1.807, 2.05) is 43.9 Å². The van der Waals surface area contributed by atoms with Gasteiger partial charge in [-0.2, -0.15) is 8.42 Å². The molecule has 102 heavy (non-hydrogen) atoms. The second-order valence-electron chi connectivity index (χ2n) is 28.6. The Morgan fingerprint density at radius 1 is 0.608 bits per heavy atom. The zero-order valence-electron chi connectivity index (χ0n) is 61.6. The number of carbonyl (C=O) groups is 6. The molecule has 8 rings (SSSR count). The number of anilines is 3. The Morgan fingerprint density at radius 2 is 1.06 bits per heavy atom. The predicted octanol–water partition coefficient (Wildman–Crippen LogP) is 14.8. The summed E-state index contributed by atoms with van der Waals surface area (Å²) < 4.78 is 58.8. The van der Waals surface area contributed by atoms with Crippen molar-refractivity contribution in [3.05, 3.63) is 128 Å². The molecular weight excluding hydrogens is 1320 g/mol. The van der Waals surface area contributed by atoms with Gasteiger partial charge in [0, 0.05) is 99.3 Å². The molecule has 2 atom stereocenters. The SMILES string of the molecule is CCCCCCCCC(=O)Nc1ccc2c(c1)C1(CCC(=O)N(C)CCOCCOCCOCCN(C)C(=O)[C@@H]3C[C@H](N=[N+]=[N-])CN3CCCc3ccc(S(=O)(=O)F)cc3)c3cc(NC(=O)CCCCCCCC)ccc3C2c2ccc(NC(=O)CCCCCCCNC(=O)OC(C)(C)C)cc21. The number of likely N-dealkylation sites (tertiary alicyclic amines) is 1. The normalized spacial score (nSPS) is 16.6. The highest BCUT2D eigenvalue weighted by Crippen LogP contribution is 2.62. The van der Waals surface area contributed by atoms with Crippen molar-refractivity contribution in [1.82, 2.24) is 20.0 Å². The van der Waals surface area contributed by atoms with Gasteiger partial charge in [0.2, 0.25) is 29.5 Å². The second kappa shape index (κ2) is 41.7. The Labute approximate surface area is 604 Å². The first-order chi connectivity index (χ1) is 49.0. The third-order valence-corrected chi connectivity index (χ3v) is 20.3. The van der Waals surface area contributed by atoms with Crippen LogP contribution in [0.2, 0.25) is 0 Å². The van der Waals surface area contributed by atoms with Crippen LogP contribution in [0.15, 0.2) is 88.9 Å². The molecule has 4 aliphatic rings. The Bertz CT molecular complexity index is 3460. The molecule has 0 aromatic heterocycles. The van der Waals surface area contributed by atoms with Gasteiger partial charge in [-0.3, -0.25) is 28.9 Å². The Morgan fingerprint density at radius 3 is 1.52 bits per heavy atom. The third kappa shape index (κ3) is 25.4. The van der Waals surface area contributed by atoms with E-state index in [-0.39, 0.29) is 74.3 Å². The largest absolute Gasteiger partial charge is 0.444 e. The number of amides is 6. The van der Waals surface area contributed by atoms with E-state index in [0.717, 1.165) is 129 Å². The van der Waals surface area contributed by atoms with Crippen molar-refractivity contribution in [1.29, 1.82) is 0 Å². The van der Waals surface area contributed by atoms with Gasteiger partial charge in [0.05, 0.1) is 56.6 Å². The zero-order valence-corrected chi connectivity index (χ0v) is 62.4. The number of unbranched alkanes of at least 4 members (excludes halogenated alkanes) is 14. The summed E-state index contributed by atoms with van der Waals surface area (Å²) in [6.07, 6.45) is 19.6. The van der Waals surface area contributed by atoms with Crippen molar-refractivity contribution in [2.75, 3.05) is 102 Å². The van der Waals surface area contributed by atoms with Crippen LogP contribution in [0, 0.1) is 0 Å². The van der Waals surface area contributed by atoms with Crippen LogP contribution in [0.1, 0.15) is 234 Å². The van der Waals surface area contributed by atoms with Gasteiger partial charge in [-0.15, -0.1) is 3.89 Å². The van der Waals surface area contributed by atoms with E-state index in [0.29, 0.717) is 114 Å². The lowest BCUT2D eigenvalue weighted by molar-refractivity contribution is -0.135. The van der Waals surface area contributed by atoms with Crippen molar-refractivity contribution >= 4 is 62.9 Å². The smallest absolute Gasteiger partial charge is 0.407 e. The Hall–Kier alpha value is -7.47. The summed E-state index contributed by atoms with van der Waals surface area (Å²) in [5, 5.41) is 16.4. The number of aryl methyl sites for hydroxylation is 1. The standard InChI is InChI=1S/C78H113FN10O12S/c1-8-10-12-14-17-21-27-70(90)82-58-32-37-63-66(52-58)78(41-40-73(93)87(6)44-46-98-48-50-100-51-49-99-47-45-88(7)75(94)69-55-61(85-86-80)56-89(69)43-25-26-57-30-35-62(36-31-57)102(79,96)97)67-53-59(83-71(91)28-22-18-15-13-11-9-2)33-38-64(67)74(63)65-39-34-60(54-68(65)78)84-72(92)29-23-19-16-20-24-42-81-76(95)101-77(3,4)5/h30-39,52-54,61,69,74H,8-29,40-51,55-56H2,1-7H3,(H,81,95)(H,82,90)(H,83,91)(H,84,92)/t61-,69-,74?,78?/m0/s1. The second-order valence-corrected chi connectivity index (χ2v) is 29.9. The number of carbonyl (C=O) groups excluding carboxylic acids is 6. The first-order valence-electron chi connectivity index (χ1n) is 37.4. The van der Waals surface area contributed by atoms with Gasteiger partial charge in [-0.05, 0) is 172 Å².